The lowest BCUT2D eigenvalue weighted by Crippen LogP contribution is -2.59. The predicted molar refractivity (Wildman–Crippen MR) is 134 cm³/mol. The van der Waals surface area contributed by atoms with E-state index in [4.69, 9.17) is 0 Å². The average molecular weight is 488 g/mol. The molecule has 4 rings (SSSR count). The third-order valence-electron chi connectivity index (χ3n) is 7.92. The van der Waals surface area contributed by atoms with E-state index in [2.05, 4.69) is 24.5 Å². The number of anilines is 1. The first kappa shape index (κ1) is 25.0. The van der Waals surface area contributed by atoms with Crippen molar-refractivity contribution in [2.24, 2.45) is 23.7 Å². The number of nitrogens with one attached hydrogen (secondary N) is 2. The fraction of sp³-hybridized carbons (Fsp3) is 0.654. The second kappa shape index (κ2) is 9.90. The summed E-state index contributed by atoms with van der Waals surface area (Å²) >= 11 is 1.66. The van der Waals surface area contributed by atoms with Gasteiger partial charge < -0.3 is 20.6 Å². The molecule has 0 radical (unpaired) electrons. The molecule has 7 nitrogen and oxygen atoms in total. The van der Waals surface area contributed by atoms with Crippen LogP contribution in [0, 0.1) is 23.7 Å². The number of hydrogen-bond acceptors (Lipinski definition) is 5. The van der Waals surface area contributed by atoms with E-state index < -0.39 is 28.7 Å². The number of aliphatic hydroxyl groups excluding tert-OH is 1. The molecule has 34 heavy (non-hydrogen) atoms. The van der Waals surface area contributed by atoms with Gasteiger partial charge in [-0.25, -0.2) is 0 Å². The molecule has 2 bridgehead atoms. The van der Waals surface area contributed by atoms with Crippen LogP contribution in [0.4, 0.5) is 5.69 Å². The van der Waals surface area contributed by atoms with Crippen LogP contribution in [-0.2, 0) is 14.4 Å². The number of rotatable bonds is 9. The van der Waals surface area contributed by atoms with Gasteiger partial charge in [0.25, 0.3) is 0 Å². The maximum atomic E-state index is 14.1. The zero-order valence-corrected chi connectivity index (χ0v) is 21.3. The summed E-state index contributed by atoms with van der Waals surface area (Å²) in [5.41, 5.74) is 0.703. The molecule has 1 aromatic rings. The molecule has 1 spiro atoms. The standard InChI is InChI=1S/C26H37N3O4S/c1-5-6-12-27-24(32)22-26-16(4)13-19(34-26)20(23(31)28-17-10-8-7-9-11-17)21(26)25(33)29(22)18(14-30)15(2)3/h7-11,15-16,18-22,30H,5-6,12-14H2,1-4H3,(H,27,32)(H,28,31)/t16?,18-,19-,20+,21-,22?,26?/m0/s1. The number of amides is 3. The van der Waals surface area contributed by atoms with Crippen molar-refractivity contribution in [3.63, 3.8) is 0 Å². The van der Waals surface area contributed by atoms with Gasteiger partial charge in [-0.2, -0.15) is 0 Å². The molecule has 8 heteroatoms. The van der Waals surface area contributed by atoms with E-state index in [1.165, 1.54) is 0 Å². The topological polar surface area (TPSA) is 98.7 Å². The minimum absolute atomic E-state index is 0.00706. The zero-order valence-electron chi connectivity index (χ0n) is 20.5. The van der Waals surface area contributed by atoms with Crippen LogP contribution in [0.3, 0.4) is 0 Å². The van der Waals surface area contributed by atoms with Crippen molar-refractivity contribution in [1.82, 2.24) is 10.2 Å². The minimum Gasteiger partial charge on any atom is -0.394 e. The molecule has 3 unspecified atom stereocenters. The highest BCUT2D eigenvalue weighted by Gasteiger charge is 2.76. The molecule has 0 aliphatic carbocycles. The SMILES string of the molecule is CCCCNC(=O)C1N([C@@H](CO)C(C)C)C(=O)[C@@H]2[C@H](C(=O)Nc3ccccc3)[C@@H]3CC(C)C12S3. The van der Waals surface area contributed by atoms with Crippen LogP contribution in [0.2, 0.25) is 0 Å². The quantitative estimate of drug-likeness (QED) is 0.465. The van der Waals surface area contributed by atoms with Crippen LogP contribution in [0.5, 0.6) is 0 Å². The molecule has 3 heterocycles. The highest BCUT2D eigenvalue weighted by atomic mass is 32.2. The first-order valence-corrected chi connectivity index (χ1v) is 13.4. The summed E-state index contributed by atoms with van der Waals surface area (Å²) in [5.74, 6) is -1.49. The van der Waals surface area contributed by atoms with Gasteiger partial charge in [0.05, 0.1) is 29.2 Å². The molecule has 186 valence electrons. The third-order valence-corrected chi connectivity index (χ3v) is 10.00. The van der Waals surface area contributed by atoms with Crippen LogP contribution in [0.15, 0.2) is 30.3 Å². The molecule has 0 aromatic heterocycles. The average Bonchev–Trinajstić information content (AvgIpc) is 3.39. The number of aliphatic hydroxyl groups is 1. The lowest BCUT2D eigenvalue weighted by molar-refractivity contribution is -0.143. The maximum absolute atomic E-state index is 14.1. The van der Waals surface area contributed by atoms with Crippen molar-refractivity contribution in [2.45, 2.75) is 69.0 Å². The number of benzene rings is 1. The Hall–Kier alpha value is -2.06. The van der Waals surface area contributed by atoms with Gasteiger partial charge in [0.15, 0.2) is 0 Å². The van der Waals surface area contributed by atoms with E-state index in [1.54, 1.807) is 16.7 Å². The van der Waals surface area contributed by atoms with Crippen molar-refractivity contribution >= 4 is 35.2 Å². The highest BCUT2D eigenvalue weighted by molar-refractivity contribution is 8.02. The van der Waals surface area contributed by atoms with E-state index in [9.17, 15) is 19.5 Å². The first-order valence-electron chi connectivity index (χ1n) is 12.5. The number of hydrogen-bond donors (Lipinski definition) is 3. The minimum atomic E-state index is -0.694. The highest BCUT2D eigenvalue weighted by Crippen LogP contribution is 2.69. The van der Waals surface area contributed by atoms with Crippen molar-refractivity contribution in [3.8, 4) is 0 Å². The van der Waals surface area contributed by atoms with Gasteiger partial charge in [0, 0.05) is 17.5 Å². The number of carbonyl (C=O) groups excluding carboxylic acids is 3. The lowest BCUT2D eigenvalue weighted by atomic mass is 9.66. The summed E-state index contributed by atoms with van der Waals surface area (Å²) in [6.07, 6.45) is 2.62. The van der Waals surface area contributed by atoms with Crippen LogP contribution in [0.1, 0.15) is 47.0 Å². The number of thioether (sulfide) groups is 1. The molecule has 3 aliphatic rings. The van der Waals surface area contributed by atoms with E-state index in [-0.39, 0.29) is 41.4 Å². The monoisotopic (exact) mass is 487 g/mol. The van der Waals surface area contributed by atoms with E-state index in [0.717, 1.165) is 19.3 Å². The normalized spacial score (nSPS) is 32.7. The number of fused-ring (bicyclic) bond motifs is 1. The molecular weight excluding hydrogens is 450 g/mol. The summed E-state index contributed by atoms with van der Waals surface area (Å²) in [7, 11) is 0. The van der Waals surface area contributed by atoms with E-state index in [0.29, 0.717) is 12.2 Å². The second-order valence-electron chi connectivity index (χ2n) is 10.3. The van der Waals surface area contributed by atoms with Crippen LogP contribution in [0.25, 0.3) is 0 Å². The molecule has 7 atom stereocenters. The Morgan fingerprint density at radius 2 is 1.94 bits per heavy atom. The van der Waals surface area contributed by atoms with Crippen LogP contribution < -0.4 is 10.6 Å². The number of likely N-dealkylation sites (tertiary alicyclic amines) is 1. The van der Waals surface area contributed by atoms with Gasteiger partial charge in [-0.15, -0.1) is 11.8 Å². The number of carbonyl (C=O) groups is 3. The Kier molecular flexibility index (Phi) is 7.29. The smallest absolute Gasteiger partial charge is 0.244 e. The van der Waals surface area contributed by atoms with E-state index in [1.807, 2.05) is 44.2 Å². The Balaban J connectivity index is 1.72. The van der Waals surface area contributed by atoms with Gasteiger partial charge in [0.2, 0.25) is 17.7 Å². The van der Waals surface area contributed by atoms with Crippen molar-refractivity contribution in [3.05, 3.63) is 30.3 Å². The van der Waals surface area contributed by atoms with Gasteiger partial charge in [-0.1, -0.05) is 52.3 Å². The summed E-state index contributed by atoms with van der Waals surface area (Å²) in [5, 5.41) is 16.3. The van der Waals surface area contributed by atoms with Crippen molar-refractivity contribution in [2.75, 3.05) is 18.5 Å². The fourth-order valence-electron chi connectivity index (χ4n) is 6.27. The first-order chi connectivity index (χ1) is 16.3. The maximum Gasteiger partial charge on any atom is 0.244 e. The zero-order chi connectivity index (χ0) is 24.6. The molecular formula is C26H37N3O4S. The van der Waals surface area contributed by atoms with Crippen LogP contribution in [-0.4, -0.2) is 63.0 Å². The van der Waals surface area contributed by atoms with Crippen molar-refractivity contribution in [1.29, 1.82) is 0 Å². The molecule has 0 saturated carbocycles. The fourth-order valence-corrected chi connectivity index (χ4v) is 8.68. The van der Waals surface area contributed by atoms with Gasteiger partial charge >= 0.3 is 0 Å². The Bertz CT molecular complexity index is 926. The van der Waals surface area contributed by atoms with Crippen LogP contribution >= 0.6 is 11.8 Å². The summed E-state index contributed by atoms with van der Waals surface area (Å²) in [4.78, 5) is 42.9. The third kappa shape index (κ3) is 3.92. The summed E-state index contributed by atoms with van der Waals surface area (Å²) < 4.78 is -0.668. The molecule has 3 fully saturated rings. The molecule has 3 saturated heterocycles. The molecule has 1 aromatic carbocycles. The van der Waals surface area contributed by atoms with Gasteiger partial charge in [-0.05, 0) is 36.8 Å². The van der Waals surface area contributed by atoms with Gasteiger partial charge in [-0.3, -0.25) is 14.4 Å². The second-order valence-corrected chi connectivity index (χ2v) is 11.8. The van der Waals surface area contributed by atoms with Gasteiger partial charge in [0.1, 0.15) is 6.04 Å². The van der Waals surface area contributed by atoms with Crippen molar-refractivity contribution < 1.29 is 19.5 Å². The Morgan fingerprint density at radius 3 is 2.56 bits per heavy atom. The molecule has 3 amide bonds. The summed E-state index contributed by atoms with van der Waals surface area (Å²) in [6, 6.07) is 8.12. The lowest BCUT2D eigenvalue weighted by Gasteiger charge is -2.40. The predicted octanol–water partition coefficient (Wildman–Crippen LogP) is 2.90. The van der Waals surface area contributed by atoms with E-state index >= 15 is 0 Å². The summed E-state index contributed by atoms with van der Waals surface area (Å²) in [6.45, 7) is 8.44. The number of nitrogens with zero attached hydrogens (tertiary/aromatic N) is 1. The largest absolute Gasteiger partial charge is 0.394 e. The molecule has 3 aliphatic heterocycles. The number of unbranched alkanes of at least 4 members (excludes halogenated alkanes) is 1. The molecule has 3 N–H and O–H groups in total. The Morgan fingerprint density at radius 1 is 1.24 bits per heavy atom. The number of para-hydroxylation sites is 1. The Labute approximate surface area is 206 Å².